The molecule has 0 aliphatic heterocycles. The second-order valence-electron chi connectivity index (χ2n) is 5.82. The molecule has 0 fully saturated rings. The number of halogens is 1. The van der Waals surface area contributed by atoms with Crippen LogP contribution >= 0.6 is 0 Å². The second kappa shape index (κ2) is 6.19. The lowest BCUT2D eigenvalue weighted by Gasteiger charge is -2.16. The minimum absolute atomic E-state index is 0.205. The summed E-state index contributed by atoms with van der Waals surface area (Å²) < 4.78 is 13.1. The van der Waals surface area contributed by atoms with E-state index in [2.05, 4.69) is 38.1 Å². The lowest BCUT2D eigenvalue weighted by atomic mass is 9.94. The Morgan fingerprint density at radius 3 is 2.25 bits per heavy atom. The fourth-order valence-corrected chi connectivity index (χ4v) is 2.50. The largest absolute Gasteiger partial charge is 0.320 e. The zero-order valence-electron chi connectivity index (χ0n) is 12.4. The van der Waals surface area contributed by atoms with Gasteiger partial charge < -0.3 is 5.73 Å². The first kappa shape index (κ1) is 14.7. The molecular formula is C18H22FN. The van der Waals surface area contributed by atoms with Gasteiger partial charge >= 0.3 is 0 Å². The molecule has 0 bridgehead atoms. The van der Waals surface area contributed by atoms with Crippen LogP contribution in [0.2, 0.25) is 0 Å². The average Bonchev–Trinajstić information content (AvgIpc) is 2.38. The van der Waals surface area contributed by atoms with Gasteiger partial charge in [-0.25, -0.2) is 4.39 Å². The quantitative estimate of drug-likeness (QED) is 0.877. The van der Waals surface area contributed by atoms with E-state index in [1.54, 1.807) is 6.07 Å². The van der Waals surface area contributed by atoms with Crippen molar-refractivity contribution in [1.29, 1.82) is 0 Å². The highest BCUT2D eigenvalue weighted by atomic mass is 19.1. The van der Waals surface area contributed by atoms with Crippen LogP contribution in [-0.4, -0.2) is 0 Å². The molecule has 0 radical (unpaired) electrons. The molecule has 0 heterocycles. The third kappa shape index (κ3) is 3.45. The third-order valence-corrected chi connectivity index (χ3v) is 3.55. The van der Waals surface area contributed by atoms with E-state index in [1.807, 2.05) is 6.92 Å². The van der Waals surface area contributed by atoms with E-state index in [9.17, 15) is 4.39 Å². The number of hydrogen-bond acceptors (Lipinski definition) is 1. The molecule has 20 heavy (non-hydrogen) atoms. The van der Waals surface area contributed by atoms with Crippen LogP contribution in [0.5, 0.6) is 0 Å². The summed E-state index contributed by atoms with van der Waals surface area (Å²) in [5.41, 5.74) is 10.6. The van der Waals surface area contributed by atoms with Gasteiger partial charge in [-0.1, -0.05) is 44.2 Å². The first-order chi connectivity index (χ1) is 9.47. The number of rotatable bonds is 4. The molecular weight excluding hydrogens is 249 g/mol. The topological polar surface area (TPSA) is 26.0 Å². The molecule has 2 aromatic carbocycles. The van der Waals surface area contributed by atoms with Crippen molar-refractivity contribution in [3.8, 4) is 0 Å². The molecule has 2 heteroatoms. The molecule has 0 saturated heterocycles. The Morgan fingerprint density at radius 1 is 1.05 bits per heavy atom. The van der Waals surface area contributed by atoms with Crippen LogP contribution in [0.25, 0.3) is 0 Å². The minimum atomic E-state index is -0.217. The van der Waals surface area contributed by atoms with Crippen molar-refractivity contribution in [3.63, 3.8) is 0 Å². The van der Waals surface area contributed by atoms with E-state index in [0.717, 1.165) is 23.1 Å². The molecule has 0 amide bonds. The standard InChI is InChI=1S/C18H22FN/c1-12(2)10-14-4-6-15(7-5-14)18(20)17-9-8-16(19)11-13(17)3/h4-9,11-12,18H,10,20H2,1-3H3. The van der Waals surface area contributed by atoms with Gasteiger partial charge in [-0.2, -0.15) is 0 Å². The second-order valence-corrected chi connectivity index (χ2v) is 5.82. The normalized spacial score (nSPS) is 12.7. The summed E-state index contributed by atoms with van der Waals surface area (Å²) in [5, 5.41) is 0. The van der Waals surface area contributed by atoms with Gasteiger partial charge in [0.15, 0.2) is 0 Å². The van der Waals surface area contributed by atoms with Gasteiger partial charge in [-0.3, -0.25) is 0 Å². The van der Waals surface area contributed by atoms with E-state index in [0.29, 0.717) is 5.92 Å². The van der Waals surface area contributed by atoms with Crippen molar-refractivity contribution in [2.45, 2.75) is 33.2 Å². The maximum Gasteiger partial charge on any atom is 0.123 e. The monoisotopic (exact) mass is 271 g/mol. The van der Waals surface area contributed by atoms with Crippen LogP contribution in [-0.2, 0) is 6.42 Å². The zero-order valence-corrected chi connectivity index (χ0v) is 12.4. The van der Waals surface area contributed by atoms with E-state index < -0.39 is 0 Å². The molecule has 2 aromatic rings. The van der Waals surface area contributed by atoms with Crippen LogP contribution in [0.1, 0.15) is 42.1 Å². The average molecular weight is 271 g/mol. The van der Waals surface area contributed by atoms with E-state index >= 15 is 0 Å². The maximum atomic E-state index is 13.1. The number of aryl methyl sites for hydroxylation is 1. The molecule has 0 spiro atoms. The lowest BCUT2D eigenvalue weighted by molar-refractivity contribution is 0.624. The lowest BCUT2D eigenvalue weighted by Crippen LogP contribution is -2.13. The Labute approximate surface area is 120 Å². The van der Waals surface area contributed by atoms with Gasteiger partial charge in [0.2, 0.25) is 0 Å². The van der Waals surface area contributed by atoms with Gasteiger partial charge in [0.1, 0.15) is 5.82 Å². The maximum absolute atomic E-state index is 13.1. The van der Waals surface area contributed by atoms with Crippen LogP contribution in [0.3, 0.4) is 0 Å². The van der Waals surface area contributed by atoms with Gasteiger partial charge in [0, 0.05) is 0 Å². The summed E-state index contributed by atoms with van der Waals surface area (Å²) in [6, 6.07) is 13.0. The highest BCUT2D eigenvalue weighted by molar-refractivity contribution is 5.37. The van der Waals surface area contributed by atoms with E-state index in [1.165, 1.54) is 17.7 Å². The predicted octanol–water partition coefficient (Wildman–Crippen LogP) is 4.38. The van der Waals surface area contributed by atoms with Crippen molar-refractivity contribution in [2.24, 2.45) is 11.7 Å². The first-order valence-electron chi connectivity index (χ1n) is 7.08. The highest BCUT2D eigenvalue weighted by Crippen LogP contribution is 2.24. The van der Waals surface area contributed by atoms with Crippen molar-refractivity contribution in [3.05, 3.63) is 70.5 Å². The van der Waals surface area contributed by atoms with Crippen LogP contribution in [0.4, 0.5) is 4.39 Å². The highest BCUT2D eigenvalue weighted by Gasteiger charge is 2.12. The van der Waals surface area contributed by atoms with E-state index in [4.69, 9.17) is 5.73 Å². The van der Waals surface area contributed by atoms with Crippen LogP contribution < -0.4 is 5.73 Å². The van der Waals surface area contributed by atoms with Crippen LogP contribution in [0.15, 0.2) is 42.5 Å². The summed E-state index contributed by atoms with van der Waals surface area (Å²) in [7, 11) is 0. The molecule has 0 aromatic heterocycles. The summed E-state index contributed by atoms with van der Waals surface area (Å²) in [6.45, 7) is 6.31. The summed E-state index contributed by atoms with van der Waals surface area (Å²) in [5.74, 6) is 0.430. The molecule has 0 aliphatic rings. The zero-order chi connectivity index (χ0) is 14.7. The van der Waals surface area contributed by atoms with Gasteiger partial charge in [-0.05, 0) is 53.6 Å². The Morgan fingerprint density at radius 2 is 1.70 bits per heavy atom. The van der Waals surface area contributed by atoms with Crippen molar-refractivity contribution < 1.29 is 4.39 Å². The fraction of sp³-hybridized carbons (Fsp3) is 0.333. The first-order valence-corrected chi connectivity index (χ1v) is 7.08. The number of hydrogen-bond donors (Lipinski definition) is 1. The Kier molecular flexibility index (Phi) is 4.56. The molecule has 0 aliphatic carbocycles. The summed E-state index contributed by atoms with van der Waals surface area (Å²) >= 11 is 0. The predicted molar refractivity (Wildman–Crippen MR) is 82.2 cm³/mol. The molecule has 2 N–H and O–H groups in total. The Balaban J connectivity index is 2.22. The van der Waals surface area contributed by atoms with E-state index in [-0.39, 0.29) is 11.9 Å². The van der Waals surface area contributed by atoms with Crippen LogP contribution in [0, 0.1) is 18.7 Å². The fourth-order valence-electron chi connectivity index (χ4n) is 2.50. The van der Waals surface area contributed by atoms with Gasteiger partial charge in [0.25, 0.3) is 0 Å². The number of benzene rings is 2. The third-order valence-electron chi connectivity index (χ3n) is 3.55. The Hall–Kier alpha value is -1.67. The van der Waals surface area contributed by atoms with Crippen molar-refractivity contribution >= 4 is 0 Å². The smallest absolute Gasteiger partial charge is 0.123 e. The molecule has 106 valence electrons. The van der Waals surface area contributed by atoms with Crippen molar-refractivity contribution in [1.82, 2.24) is 0 Å². The molecule has 1 nitrogen and oxygen atoms in total. The SMILES string of the molecule is Cc1cc(F)ccc1C(N)c1ccc(CC(C)C)cc1. The summed E-state index contributed by atoms with van der Waals surface area (Å²) in [4.78, 5) is 0. The Bertz CT molecular complexity index is 572. The van der Waals surface area contributed by atoms with Gasteiger partial charge in [0.05, 0.1) is 6.04 Å². The van der Waals surface area contributed by atoms with Crippen molar-refractivity contribution in [2.75, 3.05) is 0 Å². The molecule has 2 rings (SSSR count). The number of nitrogens with two attached hydrogens (primary N) is 1. The van der Waals surface area contributed by atoms with Gasteiger partial charge in [-0.15, -0.1) is 0 Å². The molecule has 1 unspecified atom stereocenters. The summed E-state index contributed by atoms with van der Waals surface area (Å²) in [6.07, 6.45) is 1.07. The molecule has 0 saturated carbocycles. The molecule has 1 atom stereocenters. The minimum Gasteiger partial charge on any atom is -0.320 e.